The summed E-state index contributed by atoms with van der Waals surface area (Å²) in [5.74, 6) is 0.192. The number of amides is 3. The lowest BCUT2D eigenvalue weighted by molar-refractivity contribution is -0.136. The van der Waals surface area contributed by atoms with Crippen molar-refractivity contribution in [2.45, 2.75) is 76.8 Å². The van der Waals surface area contributed by atoms with Crippen LogP contribution in [0.25, 0.3) is 0 Å². The third-order valence-electron chi connectivity index (χ3n) is 7.56. The van der Waals surface area contributed by atoms with Gasteiger partial charge in [-0.25, -0.2) is 0 Å². The van der Waals surface area contributed by atoms with Gasteiger partial charge in [0.05, 0.1) is 11.4 Å². The molecule has 2 aliphatic carbocycles. The van der Waals surface area contributed by atoms with E-state index in [1.807, 2.05) is 17.0 Å². The molecule has 0 radical (unpaired) electrons. The predicted octanol–water partition coefficient (Wildman–Crippen LogP) is 2.87. The molecular formula is C26H39N5O3. The Hall–Kier alpha value is -2.61. The SMILES string of the molecule is CC(=O)Nc1cc(C(=O)NC2CCC(N)CC2)ccc1N1CCN(C(=O)C2CCCCC2)CC1. The fourth-order valence-electron chi connectivity index (χ4n) is 5.55. The van der Waals surface area contributed by atoms with Gasteiger partial charge in [0.15, 0.2) is 0 Å². The number of nitrogens with zero attached hydrogens (tertiary/aromatic N) is 2. The van der Waals surface area contributed by atoms with Crippen LogP contribution in [0.4, 0.5) is 11.4 Å². The van der Waals surface area contributed by atoms with Gasteiger partial charge in [0.1, 0.15) is 0 Å². The fraction of sp³-hybridized carbons (Fsp3) is 0.654. The van der Waals surface area contributed by atoms with E-state index in [1.165, 1.54) is 13.3 Å². The lowest BCUT2D eigenvalue weighted by Gasteiger charge is -2.39. The van der Waals surface area contributed by atoms with Crippen LogP contribution in [0.15, 0.2) is 18.2 Å². The Labute approximate surface area is 202 Å². The number of nitrogens with two attached hydrogens (primary N) is 1. The van der Waals surface area contributed by atoms with Crippen molar-refractivity contribution in [2.24, 2.45) is 11.7 Å². The Morgan fingerprint density at radius 3 is 2.24 bits per heavy atom. The lowest BCUT2D eigenvalue weighted by Crippen LogP contribution is -2.50. The van der Waals surface area contributed by atoms with E-state index in [9.17, 15) is 14.4 Å². The highest BCUT2D eigenvalue weighted by Gasteiger charge is 2.29. The number of benzene rings is 1. The van der Waals surface area contributed by atoms with Gasteiger partial charge in [0.25, 0.3) is 5.91 Å². The molecule has 1 saturated heterocycles. The monoisotopic (exact) mass is 469 g/mol. The molecule has 3 fully saturated rings. The molecule has 1 aromatic carbocycles. The highest BCUT2D eigenvalue weighted by Crippen LogP contribution is 2.30. The summed E-state index contributed by atoms with van der Waals surface area (Å²) in [5, 5.41) is 6.02. The van der Waals surface area contributed by atoms with E-state index >= 15 is 0 Å². The Bertz CT molecular complexity index is 882. The van der Waals surface area contributed by atoms with Gasteiger partial charge in [0.2, 0.25) is 11.8 Å². The number of anilines is 2. The first-order chi connectivity index (χ1) is 16.4. The molecule has 3 aliphatic rings. The van der Waals surface area contributed by atoms with Crippen molar-refractivity contribution in [3.05, 3.63) is 23.8 Å². The molecule has 1 aliphatic heterocycles. The summed E-state index contributed by atoms with van der Waals surface area (Å²) in [6, 6.07) is 5.88. The Balaban J connectivity index is 1.40. The zero-order chi connectivity index (χ0) is 24.1. The van der Waals surface area contributed by atoms with Gasteiger partial charge < -0.3 is 26.2 Å². The van der Waals surface area contributed by atoms with Crippen molar-refractivity contribution in [3.8, 4) is 0 Å². The van der Waals surface area contributed by atoms with Crippen LogP contribution in [0.2, 0.25) is 0 Å². The molecule has 0 unspecified atom stereocenters. The lowest BCUT2D eigenvalue weighted by atomic mass is 9.88. The summed E-state index contributed by atoms with van der Waals surface area (Å²) >= 11 is 0. The molecule has 0 bridgehead atoms. The van der Waals surface area contributed by atoms with E-state index in [0.717, 1.165) is 57.1 Å². The van der Waals surface area contributed by atoms with Crippen molar-refractivity contribution < 1.29 is 14.4 Å². The predicted molar refractivity (Wildman–Crippen MR) is 134 cm³/mol. The minimum Gasteiger partial charge on any atom is -0.366 e. The Morgan fingerprint density at radius 1 is 0.912 bits per heavy atom. The van der Waals surface area contributed by atoms with Crippen LogP contribution in [0.1, 0.15) is 75.1 Å². The Morgan fingerprint density at radius 2 is 1.59 bits per heavy atom. The van der Waals surface area contributed by atoms with Crippen LogP contribution in [0.5, 0.6) is 0 Å². The molecule has 1 aromatic rings. The molecule has 186 valence electrons. The molecule has 34 heavy (non-hydrogen) atoms. The van der Waals surface area contributed by atoms with Gasteiger partial charge in [-0.1, -0.05) is 19.3 Å². The van der Waals surface area contributed by atoms with E-state index < -0.39 is 0 Å². The Kier molecular flexibility index (Phi) is 8.08. The molecule has 0 aromatic heterocycles. The molecule has 8 nitrogen and oxygen atoms in total. The van der Waals surface area contributed by atoms with E-state index in [4.69, 9.17) is 5.73 Å². The van der Waals surface area contributed by atoms with Gasteiger partial charge in [-0.2, -0.15) is 0 Å². The van der Waals surface area contributed by atoms with Gasteiger partial charge in [-0.15, -0.1) is 0 Å². The number of carbonyl (C=O) groups excluding carboxylic acids is 3. The topological polar surface area (TPSA) is 108 Å². The smallest absolute Gasteiger partial charge is 0.251 e. The summed E-state index contributed by atoms with van der Waals surface area (Å²) in [6.45, 7) is 4.25. The van der Waals surface area contributed by atoms with Crippen molar-refractivity contribution in [1.82, 2.24) is 10.2 Å². The zero-order valence-electron chi connectivity index (χ0n) is 20.4. The maximum absolute atomic E-state index is 12.9. The van der Waals surface area contributed by atoms with Gasteiger partial charge in [0, 0.05) is 56.7 Å². The molecule has 4 N–H and O–H groups in total. The molecule has 1 heterocycles. The molecule has 3 amide bonds. The highest BCUT2D eigenvalue weighted by molar-refractivity contribution is 5.99. The summed E-state index contributed by atoms with van der Waals surface area (Å²) in [6.07, 6.45) is 9.24. The van der Waals surface area contributed by atoms with Crippen LogP contribution >= 0.6 is 0 Å². The van der Waals surface area contributed by atoms with Crippen LogP contribution < -0.4 is 21.3 Å². The van der Waals surface area contributed by atoms with Crippen LogP contribution in [-0.2, 0) is 9.59 Å². The number of carbonyl (C=O) groups is 3. The number of hydrogen-bond donors (Lipinski definition) is 3. The fourth-order valence-corrected chi connectivity index (χ4v) is 5.55. The summed E-state index contributed by atoms with van der Waals surface area (Å²) in [4.78, 5) is 41.9. The number of rotatable bonds is 5. The molecular weight excluding hydrogens is 430 g/mol. The quantitative estimate of drug-likeness (QED) is 0.615. The van der Waals surface area contributed by atoms with Gasteiger partial charge in [-0.05, 0) is 56.7 Å². The van der Waals surface area contributed by atoms with Crippen molar-refractivity contribution >= 4 is 29.1 Å². The first-order valence-electron chi connectivity index (χ1n) is 12.9. The second-order valence-electron chi connectivity index (χ2n) is 10.1. The van der Waals surface area contributed by atoms with E-state index in [0.29, 0.717) is 43.3 Å². The van der Waals surface area contributed by atoms with Gasteiger partial charge >= 0.3 is 0 Å². The minimum absolute atomic E-state index is 0.124. The van der Waals surface area contributed by atoms with Crippen LogP contribution in [-0.4, -0.2) is 60.9 Å². The van der Waals surface area contributed by atoms with E-state index in [2.05, 4.69) is 15.5 Å². The highest BCUT2D eigenvalue weighted by atomic mass is 16.2. The first kappa shape index (κ1) is 24.5. The average Bonchev–Trinajstić information content (AvgIpc) is 2.85. The minimum atomic E-state index is -0.175. The number of nitrogens with one attached hydrogen (secondary N) is 2. The van der Waals surface area contributed by atoms with Crippen LogP contribution in [0, 0.1) is 5.92 Å². The summed E-state index contributed by atoms with van der Waals surface area (Å²) in [7, 11) is 0. The van der Waals surface area contributed by atoms with Crippen LogP contribution in [0.3, 0.4) is 0 Å². The maximum atomic E-state index is 12.9. The third kappa shape index (κ3) is 6.09. The average molecular weight is 470 g/mol. The number of hydrogen-bond acceptors (Lipinski definition) is 5. The first-order valence-corrected chi connectivity index (χ1v) is 12.9. The van der Waals surface area contributed by atoms with Crippen molar-refractivity contribution in [3.63, 3.8) is 0 Å². The largest absolute Gasteiger partial charge is 0.366 e. The van der Waals surface area contributed by atoms with Crippen molar-refractivity contribution in [1.29, 1.82) is 0 Å². The van der Waals surface area contributed by atoms with Gasteiger partial charge in [-0.3, -0.25) is 14.4 Å². The molecule has 0 atom stereocenters. The van der Waals surface area contributed by atoms with E-state index in [-0.39, 0.29) is 29.8 Å². The molecule has 2 saturated carbocycles. The molecule has 8 heteroatoms. The number of piperazine rings is 1. The summed E-state index contributed by atoms with van der Waals surface area (Å²) < 4.78 is 0. The maximum Gasteiger partial charge on any atom is 0.251 e. The van der Waals surface area contributed by atoms with E-state index in [1.54, 1.807) is 6.07 Å². The normalized spacial score (nSPS) is 23.9. The second-order valence-corrected chi connectivity index (χ2v) is 10.1. The standard InChI is InChI=1S/C26H39N5O3/c1-18(32)28-23-17-20(25(33)29-22-10-8-21(27)9-11-22)7-12-24(23)30-13-15-31(16-14-30)26(34)19-5-3-2-4-6-19/h7,12,17,19,21-22H,2-6,8-11,13-16,27H2,1H3,(H,28,32)(H,29,33). The van der Waals surface area contributed by atoms with Crippen molar-refractivity contribution in [2.75, 3.05) is 36.4 Å². The second kappa shape index (κ2) is 11.2. The molecule has 0 spiro atoms. The summed E-state index contributed by atoms with van der Waals surface area (Å²) in [5.41, 5.74) is 8.04. The molecule has 4 rings (SSSR count). The zero-order valence-corrected chi connectivity index (χ0v) is 20.4. The third-order valence-corrected chi connectivity index (χ3v) is 7.56.